The molecule has 1 amide bonds. The molecule has 1 atom stereocenters. The van der Waals surface area contributed by atoms with Crippen molar-refractivity contribution in [3.63, 3.8) is 0 Å². The number of hydrogen-bond acceptors (Lipinski definition) is 9. The molecule has 9 nitrogen and oxygen atoms in total. The normalized spacial score (nSPS) is 12.6. The first kappa shape index (κ1) is 22.4. The number of methoxy groups -OCH3 is 1. The number of amides is 1. The summed E-state index contributed by atoms with van der Waals surface area (Å²) in [6, 6.07) is 13.9. The fraction of sp³-hybridized carbons (Fsp3) is 0.217. The quantitative estimate of drug-likeness (QED) is 0.289. The van der Waals surface area contributed by atoms with Gasteiger partial charge in [-0.15, -0.1) is 0 Å². The van der Waals surface area contributed by atoms with E-state index in [4.69, 9.17) is 18.9 Å². The molecule has 2 heterocycles. The Labute approximate surface area is 194 Å². The molecule has 0 bridgehead atoms. The number of nitrogens with one attached hydrogen (secondary N) is 1. The first-order valence-electron chi connectivity index (χ1n) is 10.0. The average molecular weight is 468 g/mol. The highest BCUT2D eigenvalue weighted by molar-refractivity contribution is 7.99. The number of benzene rings is 2. The fourth-order valence-corrected chi connectivity index (χ4v) is 3.62. The molecule has 170 valence electrons. The predicted octanol–water partition coefficient (Wildman–Crippen LogP) is 2.91. The summed E-state index contributed by atoms with van der Waals surface area (Å²) in [6.07, 6.45) is 2.05. The van der Waals surface area contributed by atoms with Crippen LogP contribution in [0.3, 0.4) is 0 Å². The maximum absolute atomic E-state index is 13.0. The summed E-state index contributed by atoms with van der Waals surface area (Å²) >= 11 is 1.13. The second-order valence-corrected chi connectivity index (χ2v) is 7.81. The minimum absolute atomic E-state index is 0.0356. The number of carbonyl (C=O) groups excluding carboxylic acids is 2. The number of thioether (sulfide) groups is 1. The van der Waals surface area contributed by atoms with E-state index in [1.807, 2.05) is 6.07 Å². The Morgan fingerprint density at radius 1 is 1.09 bits per heavy atom. The fourth-order valence-electron chi connectivity index (χ4n) is 3.03. The zero-order chi connectivity index (χ0) is 23.0. The van der Waals surface area contributed by atoms with Crippen LogP contribution < -0.4 is 19.5 Å². The summed E-state index contributed by atoms with van der Waals surface area (Å²) in [7, 11) is 1.55. The lowest BCUT2D eigenvalue weighted by Crippen LogP contribution is -2.32. The summed E-state index contributed by atoms with van der Waals surface area (Å²) in [6.45, 7) is 0.402. The largest absolute Gasteiger partial charge is 0.497 e. The number of hydrogen-bond donors (Lipinski definition) is 1. The van der Waals surface area contributed by atoms with Crippen LogP contribution in [0.5, 0.6) is 17.2 Å². The van der Waals surface area contributed by atoms with Crippen molar-refractivity contribution < 1.29 is 28.5 Å². The topological polar surface area (TPSA) is 109 Å². The summed E-state index contributed by atoms with van der Waals surface area (Å²) in [5.74, 6) is 0.863. The number of ether oxygens (including phenoxy) is 4. The van der Waals surface area contributed by atoms with Crippen molar-refractivity contribution in [1.82, 2.24) is 15.3 Å². The van der Waals surface area contributed by atoms with Crippen molar-refractivity contribution >= 4 is 23.6 Å². The van der Waals surface area contributed by atoms with Crippen molar-refractivity contribution in [2.75, 3.05) is 19.7 Å². The van der Waals surface area contributed by atoms with E-state index in [9.17, 15) is 9.59 Å². The van der Waals surface area contributed by atoms with Crippen LogP contribution in [0.2, 0.25) is 0 Å². The molecule has 3 aromatic rings. The van der Waals surface area contributed by atoms with Gasteiger partial charge in [0.05, 0.1) is 12.9 Å². The molecule has 4 rings (SSSR count). The third-order valence-electron chi connectivity index (χ3n) is 4.67. The van der Waals surface area contributed by atoms with Gasteiger partial charge in [0.15, 0.2) is 16.7 Å². The molecular weight excluding hydrogens is 446 g/mol. The number of carbonyl (C=O) groups is 2. The second kappa shape index (κ2) is 10.7. The highest BCUT2D eigenvalue weighted by atomic mass is 32.2. The SMILES string of the molecule is COc1ccc(C(OC(=O)CSc2ncccn2)C(=O)NCc2ccc3c(c2)OCO3)cc1. The Balaban J connectivity index is 1.43. The van der Waals surface area contributed by atoms with E-state index in [1.165, 1.54) is 0 Å². The van der Waals surface area contributed by atoms with Gasteiger partial charge in [-0.25, -0.2) is 9.97 Å². The van der Waals surface area contributed by atoms with Gasteiger partial charge in [0.2, 0.25) is 12.9 Å². The minimum atomic E-state index is -1.13. The second-order valence-electron chi connectivity index (χ2n) is 6.87. The minimum Gasteiger partial charge on any atom is -0.497 e. The number of fused-ring (bicyclic) bond motifs is 1. The van der Waals surface area contributed by atoms with E-state index in [1.54, 1.807) is 62.0 Å². The third kappa shape index (κ3) is 5.92. The molecule has 2 aromatic carbocycles. The highest BCUT2D eigenvalue weighted by Crippen LogP contribution is 2.32. The van der Waals surface area contributed by atoms with E-state index < -0.39 is 18.0 Å². The van der Waals surface area contributed by atoms with Crippen LogP contribution in [0.25, 0.3) is 0 Å². The summed E-state index contributed by atoms with van der Waals surface area (Å²) in [4.78, 5) is 33.6. The van der Waals surface area contributed by atoms with Gasteiger partial charge < -0.3 is 24.3 Å². The summed E-state index contributed by atoms with van der Waals surface area (Å²) < 4.78 is 21.4. The van der Waals surface area contributed by atoms with Gasteiger partial charge in [-0.3, -0.25) is 9.59 Å². The van der Waals surface area contributed by atoms with E-state index in [0.717, 1.165) is 17.3 Å². The number of nitrogens with zero attached hydrogens (tertiary/aromatic N) is 2. The van der Waals surface area contributed by atoms with Crippen LogP contribution in [0, 0.1) is 0 Å². The van der Waals surface area contributed by atoms with Crippen molar-refractivity contribution in [3.05, 3.63) is 72.1 Å². The highest BCUT2D eigenvalue weighted by Gasteiger charge is 2.25. The Hall–Kier alpha value is -3.79. The van der Waals surface area contributed by atoms with Gasteiger partial charge in [0.1, 0.15) is 5.75 Å². The van der Waals surface area contributed by atoms with Crippen molar-refractivity contribution in [2.45, 2.75) is 17.8 Å². The lowest BCUT2D eigenvalue weighted by molar-refractivity contribution is -0.154. The molecule has 0 saturated heterocycles. The molecule has 1 unspecified atom stereocenters. The summed E-state index contributed by atoms with van der Waals surface area (Å²) in [5.41, 5.74) is 1.34. The van der Waals surface area contributed by atoms with Crippen molar-refractivity contribution in [1.29, 1.82) is 0 Å². The van der Waals surface area contributed by atoms with Crippen LogP contribution in [0.15, 0.2) is 66.1 Å². The lowest BCUT2D eigenvalue weighted by Gasteiger charge is -2.18. The first-order chi connectivity index (χ1) is 16.1. The third-order valence-corrected chi connectivity index (χ3v) is 5.52. The van der Waals surface area contributed by atoms with Crippen LogP contribution in [-0.4, -0.2) is 41.5 Å². The zero-order valence-corrected chi connectivity index (χ0v) is 18.5. The summed E-state index contributed by atoms with van der Waals surface area (Å²) in [5, 5.41) is 3.27. The molecule has 1 aliphatic heterocycles. The molecule has 1 N–H and O–H groups in total. The molecule has 0 spiro atoms. The van der Waals surface area contributed by atoms with Crippen molar-refractivity contribution in [3.8, 4) is 17.2 Å². The van der Waals surface area contributed by atoms with Gasteiger partial charge in [-0.05, 0) is 35.9 Å². The number of rotatable bonds is 9. The molecule has 1 aliphatic rings. The maximum atomic E-state index is 13.0. The standard InChI is InChI=1S/C23H21N3O6S/c1-29-17-6-4-16(5-7-17)21(32-20(27)13-33-23-24-9-2-10-25-23)22(28)26-12-15-3-8-18-19(11-15)31-14-30-18/h2-11,21H,12-14H2,1H3,(H,26,28). The van der Waals surface area contributed by atoms with Crippen LogP contribution in [-0.2, 0) is 20.9 Å². The van der Waals surface area contributed by atoms with Gasteiger partial charge in [0, 0.05) is 24.5 Å². The molecule has 0 aliphatic carbocycles. The van der Waals surface area contributed by atoms with Gasteiger partial charge in [-0.1, -0.05) is 30.0 Å². The first-order valence-corrected chi connectivity index (χ1v) is 11.0. The van der Waals surface area contributed by atoms with E-state index >= 15 is 0 Å². The molecule has 0 fully saturated rings. The van der Waals surface area contributed by atoms with E-state index in [-0.39, 0.29) is 19.1 Å². The molecule has 1 aromatic heterocycles. The Bertz CT molecular complexity index is 1110. The monoisotopic (exact) mass is 467 g/mol. The van der Waals surface area contributed by atoms with Gasteiger partial charge >= 0.3 is 5.97 Å². The van der Waals surface area contributed by atoms with Crippen LogP contribution in [0.1, 0.15) is 17.2 Å². The zero-order valence-electron chi connectivity index (χ0n) is 17.7. The number of aromatic nitrogens is 2. The lowest BCUT2D eigenvalue weighted by atomic mass is 10.1. The molecule has 10 heteroatoms. The van der Waals surface area contributed by atoms with Gasteiger partial charge in [-0.2, -0.15) is 0 Å². The molecule has 0 radical (unpaired) electrons. The molecular formula is C23H21N3O6S. The van der Waals surface area contributed by atoms with E-state index in [0.29, 0.717) is 28.0 Å². The van der Waals surface area contributed by atoms with E-state index in [2.05, 4.69) is 15.3 Å². The smallest absolute Gasteiger partial charge is 0.317 e. The Morgan fingerprint density at radius 3 is 2.61 bits per heavy atom. The molecule has 0 saturated carbocycles. The average Bonchev–Trinajstić information content (AvgIpc) is 3.33. The molecule has 33 heavy (non-hydrogen) atoms. The van der Waals surface area contributed by atoms with Gasteiger partial charge in [0.25, 0.3) is 5.91 Å². The maximum Gasteiger partial charge on any atom is 0.317 e. The van der Waals surface area contributed by atoms with Crippen molar-refractivity contribution in [2.24, 2.45) is 0 Å². The van der Waals surface area contributed by atoms with Crippen LogP contribution >= 0.6 is 11.8 Å². The number of esters is 1. The Morgan fingerprint density at radius 2 is 1.85 bits per heavy atom. The van der Waals surface area contributed by atoms with Crippen LogP contribution in [0.4, 0.5) is 0 Å². The predicted molar refractivity (Wildman–Crippen MR) is 119 cm³/mol. The Kier molecular flexibility index (Phi) is 7.26.